The van der Waals surface area contributed by atoms with E-state index in [1.54, 1.807) is 6.92 Å². The molecular weight excluding hydrogens is 334 g/mol. The maximum Gasteiger partial charge on any atom is 0.387 e. The molecule has 6 nitrogen and oxygen atoms in total. The molecule has 1 aromatic carbocycles. The minimum Gasteiger partial charge on any atom is -0.466 e. The highest BCUT2D eigenvalue weighted by Crippen LogP contribution is 2.19. The van der Waals surface area contributed by atoms with Crippen molar-refractivity contribution in [1.82, 2.24) is 4.90 Å². The van der Waals surface area contributed by atoms with Gasteiger partial charge in [-0.3, -0.25) is 14.5 Å². The van der Waals surface area contributed by atoms with Crippen LogP contribution < -0.4 is 10.1 Å². The van der Waals surface area contributed by atoms with E-state index in [2.05, 4.69) is 10.1 Å². The standard InChI is InChI=1S/C17H22F2N2O4/c1-2-24-16(23)12-4-3-9-21(10-12)11-15(22)20-13-5-7-14(8-6-13)25-17(18)19/h5-8,12,17H,2-4,9-11H2,1H3,(H,20,22). The number of carbonyl (C=O) groups excluding carboxylic acids is 2. The summed E-state index contributed by atoms with van der Waals surface area (Å²) in [6.07, 6.45) is 1.60. The van der Waals surface area contributed by atoms with Crippen LogP contribution >= 0.6 is 0 Å². The number of halogens is 2. The van der Waals surface area contributed by atoms with E-state index in [4.69, 9.17) is 4.74 Å². The van der Waals surface area contributed by atoms with Crippen molar-refractivity contribution in [2.45, 2.75) is 26.4 Å². The minimum absolute atomic E-state index is 0.0290. The van der Waals surface area contributed by atoms with Crippen LogP contribution in [0.2, 0.25) is 0 Å². The number of esters is 1. The van der Waals surface area contributed by atoms with Gasteiger partial charge in [0.15, 0.2) is 0 Å². The lowest BCUT2D eigenvalue weighted by molar-refractivity contribution is -0.150. The molecule has 1 aliphatic heterocycles. The third-order valence-electron chi connectivity index (χ3n) is 3.86. The summed E-state index contributed by atoms with van der Waals surface area (Å²) in [6.45, 7) is 0.625. The van der Waals surface area contributed by atoms with Gasteiger partial charge in [0.2, 0.25) is 5.91 Å². The Morgan fingerprint density at radius 1 is 1.32 bits per heavy atom. The molecule has 1 aromatic rings. The van der Waals surface area contributed by atoms with E-state index in [-0.39, 0.29) is 30.1 Å². The van der Waals surface area contributed by atoms with E-state index in [0.717, 1.165) is 19.4 Å². The van der Waals surface area contributed by atoms with E-state index < -0.39 is 6.61 Å². The maximum absolute atomic E-state index is 12.1. The number of alkyl halides is 2. The number of likely N-dealkylation sites (tertiary alicyclic amines) is 1. The number of ether oxygens (including phenoxy) is 2. The number of nitrogens with one attached hydrogen (secondary N) is 1. The van der Waals surface area contributed by atoms with Crippen molar-refractivity contribution in [1.29, 1.82) is 0 Å². The van der Waals surface area contributed by atoms with Gasteiger partial charge < -0.3 is 14.8 Å². The minimum atomic E-state index is -2.88. The lowest BCUT2D eigenvalue weighted by Gasteiger charge is -2.30. The van der Waals surface area contributed by atoms with Gasteiger partial charge in [0.1, 0.15) is 5.75 Å². The maximum atomic E-state index is 12.1. The molecule has 1 heterocycles. The fourth-order valence-corrected chi connectivity index (χ4v) is 2.77. The molecule has 0 aromatic heterocycles. The molecule has 1 atom stereocenters. The predicted octanol–water partition coefficient (Wildman–Crippen LogP) is 2.50. The van der Waals surface area contributed by atoms with Crippen molar-refractivity contribution >= 4 is 17.6 Å². The lowest BCUT2D eigenvalue weighted by atomic mass is 9.98. The first kappa shape index (κ1) is 19.1. The molecule has 0 spiro atoms. The summed E-state index contributed by atoms with van der Waals surface area (Å²) in [5.41, 5.74) is 0.491. The molecule has 8 heteroatoms. The second-order valence-electron chi connectivity index (χ2n) is 5.78. The Morgan fingerprint density at radius 2 is 2.04 bits per heavy atom. The highest BCUT2D eigenvalue weighted by molar-refractivity contribution is 5.92. The molecule has 0 aliphatic carbocycles. The van der Waals surface area contributed by atoms with Gasteiger partial charge >= 0.3 is 12.6 Å². The van der Waals surface area contributed by atoms with Crippen molar-refractivity contribution in [2.24, 2.45) is 5.92 Å². The summed E-state index contributed by atoms with van der Waals surface area (Å²) in [5.74, 6) is -0.622. The van der Waals surface area contributed by atoms with Crippen LogP contribution in [0.25, 0.3) is 0 Å². The molecule has 1 fully saturated rings. The van der Waals surface area contributed by atoms with Crippen molar-refractivity contribution < 1.29 is 27.8 Å². The van der Waals surface area contributed by atoms with Crippen molar-refractivity contribution in [3.05, 3.63) is 24.3 Å². The number of hydrogen-bond donors (Lipinski definition) is 1. The zero-order valence-corrected chi connectivity index (χ0v) is 14.0. The van der Waals surface area contributed by atoms with Gasteiger partial charge in [-0.2, -0.15) is 8.78 Å². The highest BCUT2D eigenvalue weighted by atomic mass is 19.3. The molecule has 138 valence electrons. The Kier molecular flexibility index (Phi) is 7.12. The third kappa shape index (κ3) is 6.30. The summed E-state index contributed by atoms with van der Waals surface area (Å²) >= 11 is 0. The Bertz CT molecular complexity index is 581. The molecular formula is C17H22F2N2O4. The van der Waals surface area contributed by atoms with E-state index in [1.807, 2.05) is 4.90 Å². The number of nitrogens with zero attached hydrogens (tertiary/aromatic N) is 1. The van der Waals surface area contributed by atoms with Crippen LogP contribution in [0.15, 0.2) is 24.3 Å². The van der Waals surface area contributed by atoms with Gasteiger partial charge in [-0.1, -0.05) is 0 Å². The van der Waals surface area contributed by atoms with Gasteiger partial charge in [-0.25, -0.2) is 0 Å². The van der Waals surface area contributed by atoms with Crippen molar-refractivity contribution in [2.75, 3.05) is 31.6 Å². The fourth-order valence-electron chi connectivity index (χ4n) is 2.77. The van der Waals surface area contributed by atoms with E-state index >= 15 is 0 Å². The Hall–Kier alpha value is -2.22. The third-order valence-corrected chi connectivity index (χ3v) is 3.86. The van der Waals surface area contributed by atoms with Gasteiger partial charge in [0, 0.05) is 12.2 Å². The zero-order valence-electron chi connectivity index (χ0n) is 14.0. The largest absolute Gasteiger partial charge is 0.466 e. The smallest absolute Gasteiger partial charge is 0.387 e. The van der Waals surface area contributed by atoms with Crippen molar-refractivity contribution in [3.63, 3.8) is 0 Å². The quantitative estimate of drug-likeness (QED) is 0.761. The van der Waals surface area contributed by atoms with Crippen LogP contribution in [0.1, 0.15) is 19.8 Å². The number of benzene rings is 1. The Labute approximate surface area is 145 Å². The summed E-state index contributed by atoms with van der Waals surface area (Å²) in [7, 11) is 0. The van der Waals surface area contributed by atoms with E-state index in [0.29, 0.717) is 18.8 Å². The first-order chi connectivity index (χ1) is 12.0. The molecule has 1 saturated heterocycles. The topological polar surface area (TPSA) is 67.9 Å². The first-order valence-corrected chi connectivity index (χ1v) is 8.21. The average Bonchev–Trinajstić information content (AvgIpc) is 2.56. The Balaban J connectivity index is 1.82. The SMILES string of the molecule is CCOC(=O)C1CCCN(CC(=O)Nc2ccc(OC(F)F)cc2)C1. The molecule has 0 bridgehead atoms. The number of carbonyl (C=O) groups is 2. The molecule has 1 N–H and O–H groups in total. The molecule has 0 saturated carbocycles. The summed E-state index contributed by atoms with van der Waals surface area (Å²) < 4.78 is 33.5. The summed E-state index contributed by atoms with van der Waals surface area (Å²) in [4.78, 5) is 25.9. The second-order valence-corrected chi connectivity index (χ2v) is 5.78. The number of rotatable bonds is 7. The van der Waals surface area contributed by atoms with Gasteiger partial charge in [0.05, 0.1) is 19.1 Å². The molecule has 0 radical (unpaired) electrons. The molecule has 1 amide bonds. The second kappa shape index (κ2) is 9.31. The van der Waals surface area contributed by atoms with Crippen LogP contribution in [-0.2, 0) is 14.3 Å². The molecule has 1 aliphatic rings. The predicted molar refractivity (Wildman–Crippen MR) is 87.5 cm³/mol. The monoisotopic (exact) mass is 356 g/mol. The zero-order chi connectivity index (χ0) is 18.2. The normalized spacial score (nSPS) is 18.0. The van der Waals surface area contributed by atoms with Gasteiger partial charge in [-0.15, -0.1) is 0 Å². The van der Waals surface area contributed by atoms with Gasteiger partial charge in [0.25, 0.3) is 0 Å². The molecule has 25 heavy (non-hydrogen) atoms. The van der Waals surface area contributed by atoms with Crippen LogP contribution in [0.3, 0.4) is 0 Å². The number of anilines is 1. The van der Waals surface area contributed by atoms with Crippen LogP contribution in [0.4, 0.5) is 14.5 Å². The fraction of sp³-hybridized carbons (Fsp3) is 0.529. The van der Waals surface area contributed by atoms with E-state index in [1.165, 1.54) is 24.3 Å². The van der Waals surface area contributed by atoms with Crippen LogP contribution in [-0.4, -0.2) is 49.6 Å². The van der Waals surface area contributed by atoms with Crippen LogP contribution in [0.5, 0.6) is 5.75 Å². The Morgan fingerprint density at radius 3 is 2.68 bits per heavy atom. The average molecular weight is 356 g/mol. The highest BCUT2D eigenvalue weighted by Gasteiger charge is 2.27. The van der Waals surface area contributed by atoms with Crippen LogP contribution in [0, 0.1) is 5.92 Å². The number of amides is 1. The van der Waals surface area contributed by atoms with Gasteiger partial charge in [-0.05, 0) is 50.6 Å². The van der Waals surface area contributed by atoms with E-state index in [9.17, 15) is 18.4 Å². The summed E-state index contributed by atoms with van der Waals surface area (Å²) in [6, 6.07) is 5.71. The molecule has 2 rings (SSSR count). The lowest BCUT2D eigenvalue weighted by Crippen LogP contribution is -2.43. The van der Waals surface area contributed by atoms with Crippen molar-refractivity contribution in [3.8, 4) is 5.75 Å². The number of hydrogen-bond acceptors (Lipinski definition) is 5. The first-order valence-electron chi connectivity index (χ1n) is 8.21. The summed E-state index contributed by atoms with van der Waals surface area (Å²) in [5, 5.41) is 2.70. The number of piperidine rings is 1. The molecule has 1 unspecified atom stereocenters.